The summed E-state index contributed by atoms with van der Waals surface area (Å²) in [5, 5.41) is 11.8. The van der Waals surface area contributed by atoms with Crippen molar-refractivity contribution in [3.05, 3.63) is 35.9 Å². The van der Waals surface area contributed by atoms with Gasteiger partial charge in [0.1, 0.15) is 0 Å². The van der Waals surface area contributed by atoms with Gasteiger partial charge in [0.25, 0.3) is 0 Å². The number of carboxylic acids is 1. The number of aliphatic carboxylic acids is 1. The van der Waals surface area contributed by atoms with Gasteiger partial charge < -0.3 is 10.4 Å². The lowest BCUT2D eigenvalue weighted by Gasteiger charge is -2.11. The molecule has 0 aliphatic heterocycles. The molecule has 0 saturated heterocycles. The van der Waals surface area contributed by atoms with Crippen LogP contribution in [0, 0.1) is 0 Å². The molecule has 2 N–H and O–H groups in total. The first-order valence-corrected chi connectivity index (χ1v) is 4.18. The standard InChI is InChI=1S/C10H13NO2.ClH/c1-11-7-9(10(12)13)8-5-3-2-4-6-8;/h2-6,9,11H,7H2,1H3,(H,12,13);1H/t9-;/m1./s1. The molecule has 1 atom stereocenters. The predicted molar refractivity (Wildman–Crippen MR) is 58.0 cm³/mol. The molecule has 78 valence electrons. The summed E-state index contributed by atoms with van der Waals surface area (Å²) in [6.07, 6.45) is 0. The van der Waals surface area contributed by atoms with Crippen LogP contribution < -0.4 is 5.32 Å². The van der Waals surface area contributed by atoms with Gasteiger partial charge in [0.05, 0.1) is 5.92 Å². The van der Waals surface area contributed by atoms with Crippen LogP contribution in [0.1, 0.15) is 11.5 Å². The molecule has 0 heterocycles. The number of benzene rings is 1. The topological polar surface area (TPSA) is 49.3 Å². The highest BCUT2D eigenvalue weighted by Crippen LogP contribution is 2.14. The number of hydrogen-bond donors (Lipinski definition) is 2. The third-order valence-electron chi connectivity index (χ3n) is 1.91. The maximum absolute atomic E-state index is 10.8. The van der Waals surface area contributed by atoms with E-state index in [0.29, 0.717) is 6.54 Å². The summed E-state index contributed by atoms with van der Waals surface area (Å²) in [5.41, 5.74) is 0.837. The fourth-order valence-electron chi connectivity index (χ4n) is 1.24. The van der Waals surface area contributed by atoms with Gasteiger partial charge in [0.2, 0.25) is 0 Å². The van der Waals surface area contributed by atoms with Crippen molar-refractivity contribution in [3.8, 4) is 0 Å². The minimum absolute atomic E-state index is 0. The number of halogens is 1. The minimum Gasteiger partial charge on any atom is -0.481 e. The summed E-state index contributed by atoms with van der Waals surface area (Å²) in [5.74, 6) is -1.24. The van der Waals surface area contributed by atoms with Gasteiger partial charge >= 0.3 is 5.97 Å². The Morgan fingerprint density at radius 1 is 1.43 bits per heavy atom. The first kappa shape index (κ1) is 12.9. The van der Waals surface area contributed by atoms with Crippen molar-refractivity contribution < 1.29 is 9.90 Å². The summed E-state index contributed by atoms with van der Waals surface area (Å²) in [6.45, 7) is 0.458. The highest BCUT2D eigenvalue weighted by atomic mass is 35.5. The summed E-state index contributed by atoms with van der Waals surface area (Å²) in [4.78, 5) is 10.8. The van der Waals surface area contributed by atoms with E-state index in [4.69, 9.17) is 5.11 Å². The molecule has 3 nitrogen and oxygen atoms in total. The second-order valence-corrected chi connectivity index (χ2v) is 2.86. The van der Waals surface area contributed by atoms with E-state index >= 15 is 0 Å². The molecule has 1 aromatic rings. The van der Waals surface area contributed by atoms with Crippen molar-refractivity contribution in [2.45, 2.75) is 5.92 Å². The first-order chi connectivity index (χ1) is 6.25. The summed E-state index contributed by atoms with van der Waals surface area (Å²) in [7, 11) is 1.75. The van der Waals surface area contributed by atoms with Crippen LogP contribution in [-0.4, -0.2) is 24.7 Å². The van der Waals surface area contributed by atoms with Gasteiger partial charge in [-0.15, -0.1) is 12.4 Å². The van der Waals surface area contributed by atoms with Crippen molar-refractivity contribution in [2.24, 2.45) is 0 Å². The Hall–Kier alpha value is -1.06. The molecule has 1 rings (SSSR count). The van der Waals surface area contributed by atoms with E-state index < -0.39 is 11.9 Å². The molecule has 0 aliphatic carbocycles. The lowest BCUT2D eigenvalue weighted by Crippen LogP contribution is -2.23. The van der Waals surface area contributed by atoms with Crippen LogP contribution in [0.3, 0.4) is 0 Å². The van der Waals surface area contributed by atoms with Crippen LogP contribution in [0.25, 0.3) is 0 Å². The predicted octanol–water partition coefficient (Wildman–Crippen LogP) is 1.50. The highest BCUT2D eigenvalue weighted by Gasteiger charge is 2.17. The van der Waals surface area contributed by atoms with Crippen LogP contribution in [0.5, 0.6) is 0 Å². The zero-order valence-corrected chi connectivity index (χ0v) is 8.75. The zero-order valence-electron chi connectivity index (χ0n) is 7.93. The highest BCUT2D eigenvalue weighted by molar-refractivity contribution is 5.85. The van der Waals surface area contributed by atoms with Gasteiger partial charge in [-0.3, -0.25) is 4.79 Å². The van der Waals surface area contributed by atoms with E-state index in [2.05, 4.69) is 5.32 Å². The Morgan fingerprint density at radius 2 is 2.00 bits per heavy atom. The average Bonchev–Trinajstić information content (AvgIpc) is 2.15. The molecular formula is C10H14ClNO2. The molecule has 4 heteroatoms. The van der Waals surface area contributed by atoms with Gasteiger partial charge in [0, 0.05) is 6.54 Å². The normalized spacial score (nSPS) is 11.5. The molecule has 14 heavy (non-hydrogen) atoms. The Bertz CT molecular complexity index is 277. The van der Waals surface area contributed by atoms with Gasteiger partial charge in [-0.25, -0.2) is 0 Å². The Balaban J connectivity index is 0.00000169. The lowest BCUT2D eigenvalue weighted by atomic mass is 9.99. The van der Waals surface area contributed by atoms with E-state index in [1.807, 2.05) is 30.3 Å². The van der Waals surface area contributed by atoms with Crippen molar-refractivity contribution in [1.29, 1.82) is 0 Å². The zero-order chi connectivity index (χ0) is 9.68. The number of carboxylic acid groups (broad SMARTS) is 1. The smallest absolute Gasteiger partial charge is 0.312 e. The minimum atomic E-state index is -0.791. The number of rotatable bonds is 4. The Kier molecular flexibility index (Phi) is 5.92. The van der Waals surface area contributed by atoms with E-state index in [1.165, 1.54) is 0 Å². The molecule has 1 aromatic carbocycles. The van der Waals surface area contributed by atoms with E-state index in [1.54, 1.807) is 7.05 Å². The van der Waals surface area contributed by atoms with Crippen molar-refractivity contribution in [2.75, 3.05) is 13.6 Å². The molecule has 0 fully saturated rings. The molecule has 0 unspecified atom stereocenters. The first-order valence-electron chi connectivity index (χ1n) is 4.18. The van der Waals surface area contributed by atoms with Crippen molar-refractivity contribution in [1.82, 2.24) is 5.32 Å². The third-order valence-corrected chi connectivity index (χ3v) is 1.91. The van der Waals surface area contributed by atoms with Crippen LogP contribution in [-0.2, 0) is 4.79 Å². The molecule has 0 aliphatic rings. The number of hydrogen-bond acceptors (Lipinski definition) is 2. The number of nitrogens with one attached hydrogen (secondary N) is 1. The van der Waals surface area contributed by atoms with Crippen LogP contribution in [0.2, 0.25) is 0 Å². The summed E-state index contributed by atoms with van der Waals surface area (Å²) in [6, 6.07) is 9.23. The maximum Gasteiger partial charge on any atom is 0.312 e. The molecule has 0 saturated carbocycles. The fourth-order valence-corrected chi connectivity index (χ4v) is 1.24. The van der Waals surface area contributed by atoms with Crippen molar-refractivity contribution in [3.63, 3.8) is 0 Å². The van der Waals surface area contributed by atoms with Gasteiger partial charge in [0.15, 0.2) is 0 Å². The van der Waals surface area contributed by atoms with Crippen LogP contribution in [0.4, 0.5) is 0 Å². The SMILES string of the molecule is CNC[C@@H](C(=O)O)c1ccccc1.Cl. The number of carbonyl (C=O) groups is 1. The monoisotopic (exact) mass is 215 g/mol. The molecule has 0 spiro atoms. The van der Waals surface area contributed by atoms with Gasteiger partial charge in [-0.1, -0.05) is 30.3 Å². The maximum atomic E-state index is 10.8. The average molecular weight is 216 g/mol. The number of likely N-dealkylation sites (N-methyl/N-ethyl adjacent to an activating group) is 1. The third kappa shape index (κ3) is 3.36. The quantitative estimate of drug-likeness (QED) is 0.800. The summed E-state index contributed by atoms with van der Waals surface area (Å²) >= 11 is 0. The molecule has 0 aromatic heterocycles. The second-order valence-electron chi connectivity index (χ2n) is 2.86. The lowest BCUT2D eigenvalue weighted by molar-refractivity contribution is -0.138. The van der Waals surface area contributed by atoms with Gasteiger partial charge in [-0.05, 0) is 12.6 Å². The molecular weight excluding hydrogens is 202 g/mol. The molecule has 0 amide bonds. The van der Waals surface area contributed by atoms with Gasteiger partial charge in [-0.2, -0.15) is 0 Å². The van der Waals surface area contributed by atoms with E-state index in [0.717, 1.165) is 5.56 Å². The fraction of sp³-hybridized carbons (Fsp3) is 0.300. The van der Waals surface area contributed by atoms with Crippen LogP contribution >= 0.6 is 12.4 Å². The van der Waals surface area contributed by atoms with E-state index in [-0.39, 0.29) is 12.4 Å². The Morgan fingerprint density at radius 3 is 2.43 bits per heavy atom. The van der Waals surface area contributed by atoms with Crippen LogP contribution in [0.15, 0.2) is 30.3 Å². The van der Waals surface area contributed by atoms with E-state index in [9.17, 15) is 4.79 Å². The molecule has 0 bridgehead atoms. The second kappa shape index (κ2) is 6.40. The Labute approximate surface area is 89.5 Å². The largest absolute Gasteiger partial charge is 0.481 e. The van der Waals surface area contributed by atoms with Crippen molar-refractivity contribution >= 4 is 18.4 Å². The molecule has 0 radical (unpaired) electrons. The summed E-state index contributed by atoms with van der Waals surface area (Å²) < 4.78 is 0.